The van der Waals surface area contributed by atoms with Gasteiger partial charge in [-0.1, -0.05) is 17.8 Å². The number of halogens is 2. The summed E-state index contributed by atoms with van der Waals surface area (Å²) in [5.74, 6) is -2.41. The maximum absolute atomic E-state index is 12.7. The van der Waals surface area contributed by atoms with Crippen molar-refractivity contribution in [2.75, 3.05) is 10.6 Å². The summed E-state index contributed by atoms with van der Waals surface area (Å²) in [5.41, 5.74) is 2.11. The van der Waals surface area contributed by atoms with Gasteiger partial charge < -0.3 is 15.1 Å². The van der Waals surface area contributed by atoms with Crippen molar-refractivity contribution >= 4 is 44.8 Å². The molecule has 0 atom stereocenters. The van der Waals surface area contributed by atoms with Crippen molar-refractivity contribution in [1.82, 2.24) is 4.72 Å². The fourth-order valence-corrected chi connectivity index (χ4v) is 4.74. The molecule has 0 radical (unpaired) electrons. The fraction of sp³-hybridized carbons (Fsp3) is 0.0800. The van der Waals surface area contributed by atoms with Crippen LogP contribution >= 0.6 is 11.8 Å². The van der Waals surface area contributed by atoms with E-state index in [0.717, 1.165) is 0 Å². The van der Waals surface area contributed by atoms with Crippen molar-refractivity contribution in [2.45, 2.75) is 22.1 Å². The number of rotatable bonds is 10. The Labute approximate surface area is 211 Å². The number of hydrogen-bond acceptors (Lipinski definition) is 6. The lowest BCUT2D eigenvalue weighted by Gasteiger charge is -2.10. The number of nitrogens with one attached hydrogen (secondary N) is 3. The SMILES string of the molecule is O=C(Nc1cccc(S(=O)(=O)NCc2ccco2)c1)c1ccc(Nc2ccc(SC(F)F)cc2)cc1. The van der Waals surface area contributed by atoms with E-state index in [1.54, 1.807) is 66.7 Å². The van der Waals surface area contributed by atoms with Crippen LogP contribution in [0.2, 0.25) is 0 Å². The van der Waals surface area contributed by atoms with Gasteiger partial charge in [-0.25, -0.2) is 13.1 Å². The van der Waals surface area contributed by atoms with Gasteiger partial charge in [0.05, 0.1) is 17.7 Å². The standard InChI is InChI=1S/C25H21F2N3O4S2/c26-25(27)35-22-12-10-19(11-13-22)29-18-8-6-17(7-9-18)24(31)30-20-3-1-5-23(15-20)36(32,33)28-16-21-4-2-14-34-21/h1-15,25,28-29H,16H2,(H,30,31). The van der Waals surface area contributed by atoms with Gasteiger partial charge in [-0.3, -0.25) is 4.79 Å². The van der Waals surface area contributed by atoms with Crippen LogP contribution in [0.25, 0.3) is 0 Å². The molecule has 11 heteroatoms. The molecule has 0 bridgehead atoms. The molecule has 0 fully saturated rings. The van der Waals surface area contributed by atoms with Gasteiger partial charge in [0.1, 0.15) is 5.76 Å². The lowest BCUT2D eigenvalue weighted by Crippen LogP contribution is -2.23. The van der Waals surface area contributed by atoms with Gasteiger partial charge in [-0.05, 0) is 78.9 Å². The summed E-state index contributed by atoms with van der Waals surface area (Å²) in [5, 5.41) is 5.84. The molecule has 3 N–H and O–H groups in total. The van der Waals surface area contributed by atoms with E-state index in [9.17, 15) is 22.0 Å². The number of sulfonamides is 1. The topological polar surface area (TPSA) is 100 Å². The Bertz CT molecular complexity index is 1410. The third-order valence-corrected chi connectivity index (χ3v) is 7.06. The monoisotopic (exact) mass is 529 g/mol. The first-order valence-corrected chi connectivity index (χ1v) is 13.0. The molecule has 1 heterocycles. The first kappa shape index (κ1) is 25.4. The first-order valence-electron chi connectivity index (χ1n) is 10.6. The molecular weight excluding hydrogens is 508 g/mol. The van der Waals surface area contributed by atoms with Gasteiger partial charge in [-0.15, -0.1) is 0 Å². The summed E-state index contributed by atoms with van der Waals surface area (Å²) >= 11 is 0.477. The van der Waals surface area contributed by atoms with Gasteiger partial charge >= 0.3 is 0 Å². The van der Waals surface area contributed by atoms with Gasteiger partial charge in [-0.2, -0.15) is 8.78 Å². The van der Waals surface area contributed by atoms with Crippen molar-refractivity contribution in [2.24, 2.45) is 0 Å². The number of carbonyl (C=O) groups excluding carboxylic acids is 1. The van der Waals surface area contributed by atoms with Gasteiger partial charge in [0.15, 0.2) is 0 Å². The van der Waals surface area contributed by atoms with Crippen molar-refractivity contribution < 1.29 is 26.4 Å². The third-order valence-electron chi connectivity index (χ3n) is 4.93. The molecule has 186 valence electrons. The van der Waals surface area contributed by atoms with Crippen molar-refractivity contribution in [3.05, 3.63) is 103 Å². The van der Waals surface area contributed by atoms with Gasteiger partial charge in [0.2, 0.25) is 10.0 Å². The van der Waals surface area contributed by atoms with Crippen LogP contribution in [-0.2, 0) is 16.6 Å². The maximum atomic E-state index is 12.7. The second-order valence-electron chi connectivity index (χ2n) is 7.49. The van der Waals surface area contributed by atoms with E-state index in [0.29, 0.717) is 45.0 Å². The number of alkyl halides is 2. The highest BCUT2D eigenvalue weighted by molar-refractivity contribution is 7.99. The van der Waals surface area contributed by atoms with E-state index in [1.165, 1.54) is 24.5 Å². The zero-order valence-corrected chi connectivity index (χ0v) is 20.3. The van der Waals surface area contributed by atoms with E-state index in [4.69, 9.17) is 4.42 Å². The average Bonchev–Trinajstić information content (AvgIpc) is 3.38. The number of anilines is 3. The largest absolute Gasteiger partial charge is 0.468 e. The van der Waals surface area contributed by atoms with E-state index < -0.39 is 21.7 Å². The molecule has 0 saturated heterocycles. The molecule has 3 aromatic carbocycles. The summed E-state index contributed by atoms with van der Waals surface area (Å²) in [4.78, 5) is 13.1. The zero-order valence-electron chi connectivity index (χ0n) is 18.7. The Hall–Kier alpha value is -3.67. The molecule has 1 amide bonds. The Balaban J connectivity index is 1.37. The molecule has 1 aromatic heterocycles. The quantitative estimate of drug-likeness (QED) is 0.216. The minimum Gasteiger partial charge on any atom is -0.468 e. The number of amides is 1. The lowest BCUT2D eigenvalue weighted by atomic mass is 10.2. The summed E-state index contributed by atoms with van der Waals surface area (Å²) in [6.45, 7) is 0.00508. The smallest absolute Gasteiger partial charge is 0.288 e. The van der Waals surface area contributed by atoms with E-state index in [-0.39, 0.29) is 11.4 Å². The molecule has 7 nitrogen and oxygen atoms in total. The molecular formula is C25H21F2N3O4S2. The number of thioether (sulfide) groups is 1. The molecule has 0 unspecified atom stereocenters. The van der Waals surface area contributed by atoms with Crippen LogP contribution in [0.3, 0.4) is 0 Å². The van der Waals surface area contributed by atoms with Gasteiger partial charge in [0, 0.05) is 27.5 Å². The summed E-state index contributed by atoms with van der Waals surface area (Å²) in [7, 11) is -3.81. The molecule has 4 aromatic rings. The average molecular weight is 530 g/mol. The predicted molar refractivity (Wildman–Crippen MR) is 135 cm³/mol. The fourth-order valence-electron chi connectivity index (χ4n) is 3.20. The molecule has 36 heavy (non-hydrogen) atoms. The number of furan rings is 1. The highest BCUT2D eigenvalue weighted by atomic mass is 32.2. The Morgan fingerprint density at radius 1 is 0.889 bits per heavy atom. The van der Waals surface area contributed by atoms with Crippen LogP contribution in [0.4, 0.5) is 25.8 Å². The van der Waals surface area contributed by atoms with Crippen LogP contribution < -0.4 is 15.4 Å². The summed E-state index contributed by atoms with van der Waals surface area (Å²) < 4.78 is 57.6. The van der Waals surface area contributed by atoms with Crippen LogP contribution in [0.5, 0.6) is 0 Å². The second kappa shape index (κ2) is 11.4. The molecule has 0 aliphatic carbocycles. The predicted octanol–water partition coefficient (Wildman–Crippen LogP) is 6.07. The number of benzene rings is 3. The highest BCUT2D eigenvalue weighted by Gasteiger charge is 2.16. The van der Waals surface area contributed by atoms with Gasteiger partial charge in [0.25, 0.3) is 11.7 Å². The molecule has 4 rings (SSSR count). The summed E-state index contributed by atoms with van der Waals surface area (Å²) in [6, 6.07) is 22.5. The summed E-state index contributed by atoms with van der Waals surface area (Å²) in [6.07, 6.45) is 1.46. The van der Waals surface area contributed by atoms with E-state index in [2.05, 4.69) is 15.4 Å². The molecule has 0 spiro atoms. The molecule has 0 aliphatic heterocycles. The maximum Gasteiger partial charge on any atom is 0.288 e. The Kier molecular flexibility index (Phi) is 8.04. The molecule has 0 aliphatic rings. The Morgan fingerprint density at radius 3 is 2.22 bits per heavy atom. The van der Waals surface area contributed by atoms with Crippen LogP contribution in [0.15, 0.2) is 105 Å². The number of hydrogen-bond donors (Lipinski definition) is 3. The van der Waals surface area contributed by atoms with Crippen molar-refractivity contribution in [3.8, 4) is 0 Å². The number of carbonyl (C=O) groups is 1. The van der Waals surface area contributed by atoms with Crippen LogP contribution in [0, 0.1) is 0 Å². The normalized spacial score (nSPS) is 11.4. The lowest BCUT2D eigenvalue weighted by molar-refractivity contribution is 0.102. The molecule has 0 saturated carbocycles. The van der Waals surface area contributed by atoms with Crippen LogP contribution in [0.1, 0.15) is 16.1 Å². The third kappa shape index (κ3) is 6.94. The van der Waals surface area contributed by atoms with Crippen LogP contribution in [-0.4, -0.2) is 20.1 Å². The van der Waals surface area contributed by atoms with Crippen molar-refractivity contribution in [1.29, 1.82) is 0 Å². The van der Waals surface area contributed by atoms with Crippen molar-refractivity contribution in [3.63, 3.8) is 0 Å². The van der Waals surface area contributed by atoms with E-state index >= 15 is 0 Å². The Morgan fingerprint density at radius 2 is 1.58 bits per heavy atom. The first-order chi connectivity index (χ1) is 17.3. The highest BCUT2D eigenvalue weighted by Crippen LogP contribution is 2.27. The minimum atomic E-state index is -3.81. The minimum absolute atomic E-state index is 0.00405. The van der Waals surface area contributed by atoms with E-state index in [1.807, 2.05) is 0 Å². The second-order valence-corrected chi connectivity index (χ2v) is 10.3. The zero-order chi connectivity index (χ0) is 25.5.